The second kappa shape index (κ2) is 7.18. The Bertz CT molecular complexity index is 949. The predicted molar refractivity (Wildman–Crippen MR) is 91.3 cm³/mol. The zero-order valence-corrected chi connectivity index (χ0v) is 14.0. The minimum absolute atomic E-state index is 0.00203. The number of hydrogen-bond donors (Lipinski definition) is 0. The van der Waals surface area contributed by atoms with Crippen LogP contribution < -0.4 is 9.47 Å². The van der Waals surface area contributed by atoms with E-state index in [9.17, 15) is 14.0 Å². The Hall–Kier alpha value is -3.48. The number of esters is 2. The van der Waals surface area contributed by atoms with Gasteiger partial charge in [-0.15, -0.1) is 0 Å². The smallest absolute Gasteiger partial charge is 0.363 e. The molecular formula is C19H14FNO5. The number of nitrogens with zero attached hydrogens (tertiary/aromatic N) is 1. The van der Waals surface area contributed by atoms with Crippen molar-refractivity contribution in [1.29, 1.82) is 0 Å². The molecule has 0 fully saturated rings. The van der Waals surface area contributed by atoms with Crippen molar-refractivity contribution in [3.8, 4) is 11.5 Å². The van der Waals surface area contributed by atoms with Crippen LogP contribution in [0.15, 0.2) is 53.2 Å². The summed E-state index contributed by atoms with van der Waals surface area (Å²) in [4.78, 5) is 27.3. The first-order valence-corrected chi connectivity index (χ1v) is 7.62. The highest BCUT2D eigenvalue weighted by Gasteiger charge is 2.26. The molecule has 0 unspecified atom stereocenters. The number of carbonyl (C=O) groups is 2. The third kappa shape index (κ3) is 3.61. The molecule has 0 saturated carbocycles. The second-order valence-electron chi connectivity index (χ2n) is 5.32. The number of carbonyl (C=O) groups excluding carboxylic acids is 2. The largest absolute Gasteiger partial charge is 0.493 e. The molecule has 0 bridgehead atoms. The van der Waals surface area contributed by atoms with Gasteiger partial charge >= 0.3 is 11.9 Å². The Balaban J connectivity index is 1.96. The first-order valence-electron chi connectivity index (χ1n) is 7.62. The van der Waals surface area contributed by atoms with Crippen molar-refractivity contribution in [2.24, 2.45) is 4.99 Å². The Morgan fingerprint density at radius 3 is 2.65 bits per heavy atom. The number of methoxy groups -OCH3 is 1. The quantitative estimate of drug-likeness (QED) is 0.479. The van der Waals surface area contributed by atoms with Crippen molar-refractivity contribution in [1.82, 2.24) is 0 Å². The summed E-state index contributed by atoms with van der Waals surface area (Å²) in [6.07, 6.45) is 1.45. The monoisotopic (exact) mass is 355 g/mol. The van der Waals surface area contributed by atoms with Crippen LogP contribution in [0.4, 0.5) is 4.39 Å². The number of hydrogen-bond acceptors (Lipinski definition) is 6. The van der Waals surface area contributed by atoms with Gasteiger partial charge in [-0.2, -0.15) is 0 Å². The van der Waals surface area contributed by atoms with Gasteiger partial charge in [-0.05, 0) is 35.9 Å². The van der Waals surface area contributed by atoms with E-state index in [4.69, 9.17) is 14.2 Å². The van der Waals surface area contributed by atoms with Gasteiger partial charge in [-0.1, -0.05) is 18.2 Å². The van der Waals surface area contributed by atoms with Crippen LogP contribution in [0.5, 0.6) is 11.5 Å². The van der Waals surface area contributed by atoms with Crippen LogP contribution in [0.1, 0.15) is 18.1 Å². The fourth-order valence-electron chi connectivity index (χ4n) is 2.33. The molecule has 0 radical (unpaired) electrons. The Kier molecular flexibility index (Phi) is 4.79. The van der Waals surface area contributed by atoms with Crippen LogP contribution in [-0.4, -0.2) is 24.9 Å². The third-order valence-corrected chi connectivity index (χ3v) is 3.47. The Morgan fingerprint density at radius 1 is 1.19 bits per heavy atom. The van der Waals surface area contributed by atoms with E-state index < -0.39 is 17.8 Å². The van der Waals surface area contributed by atoms with E-state index in [0.29, 0.717) is 11.3 Å². The lowest BCUT2D eigenvalue weighted by atomic mass is 10.1. The van der Waals surface area contributed by atoms with Gasteiger partial charge in [0.15, 0.2) is 17.2 Å². The third-order valence-electron chi connectivity index (χ3n) is 3.47. The van der Waals surface area contributed by atoms with Crippen LogP contribution in [0.2, 0.25) is 0 Å². The highest BCUT2D eigenvalue weighted by atomic mass is 19.1. The van der Waals surface area contributed by atoms with Crippen molar-refractivity contribution >= 4 is 23.9 Å². The summed E-state index contributed by atoms with van der Waals surface area (Å²) >= 11 is 0. The molecule has 1 heterocycles. The minimum Gasteiger partial charge on any atom is -0.493 e. The highest BCUT2D eigenvalue weighted by molar-refractivity contribution is 6.12. The number of benzene rings is 2. The second-order valence-corrected chi connectivity index (χ2v) is 5.32. The number of rotatable bonds is 4. The van der Waals surface area contributed by atoms with Gasteiger partial charge in [0.25, 0.3) is 0 Å². The molecule has 0 aromatic heterocycles. The molecule has 0 spiro atoms. The van der Waals surface area contributed by atoms with Gasteiger partial charge in [0.05, 0.1) is 12.7 Å². The lowest BCUT2D eigenvalue weighted by Crippen LogP contribution is -2.07. The maximum atomic E-state index is 13.8. The van der Waals surface area contributed by atoms with Crippen molar-refractivity contribution in [2.75, 3.05) is 7.11 Å². The molecule has 2 aromatic carbocycles. The average molecular weight is 355 g/mol. The lowest BCUT2D eigenvalue weighted by Gasteiger charge is -2.08. The van der Waals surface area contributed by atoms with Gasteiger partial charge in [-0.3, -0.25) is 4.79 Å². The summed E-state index contributed by atoms with van der Waals surface area (Å²) in [5.41, 5.74) is 0.634. The first kappa shape index (κ1) is 17.3. The number of ether oxygens (including phenoxy) is 3. The van der Waals surface area contributed by atoms with Gasteiger partial charge < -0.3 is 14.2 Å². The maximum Gasteiger partial charge on any atom is 0.363 e. The molecule has 26 heavy (non-hydrogen) atoms. The van der Waals surface area contributed by atoms with Crippen molar-refractivity contribution in [3.05, 3.63) is 65.1 Å². The number of aliphatic imine (C=N–C) groups is 1. The number of cyclic esters (lactones) is 1. The molecule has 3 rings (SSSR count). The zero-order chi connectivity index (χ0) is 18.7. The van der Waals surface area contributed by atoms with Crippen LogP contribution in [0.3, 0.4) is 0 Å². The van der Waals surface area contributed by atoms with Gasteiger partial charge in [0, 0.05) is 6.92 Å². The molecule has 0 N–H and O–H groups in total. The Labute approximate surface area is 148 Å². The van der Waals surface area contributed by atoms with Gasteiger partial charge in [0.1, 0.15) is 5.82 Å². The van der Waals surface area contributed by atoms with E-state index >= 15 is 0 Å². The molecular weight excluding hydrogens is 341 g/mol. The van der Waals surface area contributed by atoms with Crippen molar-refractivity contribution in [2.45, 2.75) is 6.92 Å². The summed E-state index contributed by atoms with van der Waals surface area (Å²) < 4.78 is 29.1. The summed E-state index contributed by atoms with van der Waals surface area (Å²) in [7, 11) is 1.44. The van der Waals surface area contributed by atoms with E-state index in [0.717, 1.165) is 0 Å². The van der Waals surface area contributed by atoms with Crippen LogP contribution in [0.25, 0.3) is 6.08 Å². The summed E-state index contributed by atoms with van der Waals surface area (Å²) in [6.45, 7) is 1.27. The fraction of sp³-hybridized carbons (Fsp3) is 0.105. The fourth-order valence-corrected chi connectivity index (χ4v) is 2.33. The Morgan fingerprint density at radius 2 is 1.96 bits per heavy atom. The van der Waals surface area contributed by atoms with E-state index in [1.807, 2.05) is 0 Å². The van der Waals surface area contributed by atoms with Crippen LogP contribution >= 0.6 is 0 Å². The topological polar surface area (TPSA) is 74.2 Å². The summed E-state index contributed by atoms with van der Waals surface area (Å²) in [5, 5.41) is 0. The molecule has 7 heteroatoms. The predicted octanol–water partition coefficient (Wildman–Crippen LogP) is 3.10. The van der Waals surface area contributed by atoms with Crippen molar-refractivity contribution < 1.29 is 28.2 Å². The average Bonchev–Trinajstić information content (AvgIpc) is 2.95. The summed E-state index contributed by atoms with van der Waals surface area (Å²) in [5.74, 6) is -1.28. The van der Waals surface area contributed by atoms with Crippen LogP contribution in [-0.2, 0) is 14.3 Å². The van der Waals surface area contributed by atoms with E-state index in [-0.39, 0.29) is 22.9 Å². The van der Waals surface area contributed by atoms with Gasteiger partial charge in [-0.25, -0.2) is 14.2 Å². The lowest BCUT2D eigenvalue weighted by molar-refractivity contribution is -0.132. The summed E-state index contributed by atoms with van der Waals surface area (Å²) in [6, 6.07) is 10.6. The normalized spacial score (nSPS) is 14.8. The molecule has 0 amide bonds. The number of halogens is 1. The molecule has 0 aliphatic carbocycles. The molecule has 1 aliphatic heterocycles. The SMILES string of the molecule is COc1ccc(/C=C2\N=C(c3ccccc3F)OC2=O)cc1OC(C)=O. The van der Waals surface area contributed by atoms with E-state index in [1.165, 1.54) is 44.4 Å². The van der Waals surface area contributed by atoms with Gasteiger partial charge in [0.2, 0.25) is 5.90 Å². The standard InChI is InChI=1S/C19H14FNO5/c1-11(22)25-17-10-12(7-8-16(17)24-2)9-15-19(23)26-18(21-15)13-5-3-4-6-14(13)20/h3-10H,1-2H3/b15-9-. The molecule has 6 nitrogen and oxygen atoms in total. The van der Waals surface area contributed by atoms with Crippen molar-refractivity contribution in [3.63, 3.8) is 0 Å². The van der Waals surface area contributed by atoms with E-state index in [1.54, 1.807) is 18.2 Å². The highest BCUT2D eigenvalue weighted by Crippen LogP contribution is 2.30. The maximum absolute atomic E-state index is 13.8. The first-order chi connectivity index (χ1) is 12.5. The molecule has 0 saturated heterocycles. The molecule has 2 aromatic rings. The minimum atomic E-state index is -0.701. The zero-order valence-electron chi connectivity index (χ0n) is 14.0. The molecule has 1 aliphatic rings. The molecule has 0 atom stereocenters. The van der Waals surface area contributed by atoms with Crippen LogP contribution in [0, 0.1) is 5.82 Å². The van der Waals surface area contributed by atoms with E-state index in [2.05, 4.69) is 4.99 Å². The molecule has 132 valence electrons.